The molecule has 5 heteroatoms. The van der Waals surface area contributed by atoms with Gasteiger partial charge in [-0.1, -0.05) is 12.1 Å². The number of hydrogen-bond donors (Lipinski definition) is 3. The molecule has 1 aromatic carbocycles. The summed E-state index contributed by atoms with van der Waals surface area (Å²) in [5.41, 5.74) is 2.05. The Labute approximate surface area is 92.1 Å². The molecule has 0 aliphatic rings. The third kappa shape index (κ3) is 2.03. The highest BCUT2D eigenvalue weighted by molar-refractivity contribution is 5.93. The minimum absolute atomic E-state index is 0.126. The number of anilines is 2. The van der Waals surface area contributed by atoms with Crippen LogP contribution in [0.3, 0.4) is 0 Å². The van der Waals surface area contributed by atoms with Crippen molar-refractivity contribution in [2.75, 3.05) is 5.32 Å². The van der Waals surface area contributed by atoms with E-state index in [1.165, 1.54) is 6.20 Å². The zero-order chi connectivity index (χ0) is 11.5. The molecule has 1 heterocycles. The van der Waals surface area contributed by atoms with E-state index in [4.69, 9.17) is 5.11 Å². The van der Waals surface area contributed by atoms with Gasteiger partial charge in [0.1, 0.15) is 11.4 Å². The van der Waals surface area contributed by atoms with E-state index in [1.54, 1.807) is 0 Å². The Balaban J connectivity index is 2.27. The van der Waals surface area contributed by atoms with E-state index >= 15 is 0 Å². The second kappa shape index (κ2) is 4.06. The van der Waals surface area contributed by atoms with E-state index in [2.05, 4.69) is 15.5 Å². The minimum atomic E-state index is -1.01. The number of rotatable bonds is 3. The largest absolute Gasteiger partial charge is 0.477 e. The molecule has 0 saturated heterocycles. The summed E-state index contributed by atoms with van der Waals surface area (Å²) in [6, 6.07) is 7.65. The number of hydrogen-bond acceptors (Lipinski definition) is 3. The summed E-state index contributed by atoms with van der Waals surface area (Å²) < 4.78 is 0. The van der Waals surface area contributed by atoms with Crippen LogP contribution in [0.2, 0.25) is 0 Å². The van der Waals surface area contributed by atoms with Gasteiger partial charge in [0.2, 0.25) is 0 Å². The van der Waals surface area contributed by atoms with Crippen LogP contribution in [0.25, 0.3) is 0 Å². The summed E-state index contributed by atoms with van der Waals surface area (Å²) >= 11 is 0. The number of nitrogens with one attached hydrogen (secondary N) is 2. The first kappa shape index (κ1) is 10.2. The lowest BCUT2D eigenvalue weighted by atomic mass is 10.2. The van der Waals surface area contributed by atoms with Crippen molar-refractivity contribution in [2.24, 2.45) is 0 Å². The first-order chi connectivity index (χ1) is 7.66. The molecule has 2 aromatic rings. The summed E-state index contributed by atoms with van der Waals surface area (Å²) in [5, 5.41) is 18.2. The maximum Gasteiger partial charge on any atom is 0.341 e. The van der Waals surface area contributed by atoms with Crippen LogP contribution in [0.15, 0.2) is 30.5 Å². The summed E-state index contributed by atoms with van der Waals surface area (Å²) in [6.07, 6.45) is 1.28. The molecule has 0 fully saturated rings. The fraction of sp³-hybridized carbons (Fsp3) is 0.0909. The van der Waals surface area contributed by atoms with Crippen molar-refractivity contribution in [1.29, 1.82) is 0 Å². The van der Waals surface area contributed by atoms with Gasteiger partial charge in [-0.3, -0.25) is 5.10 Å². The lowest BCUT2D eigenvalue weighted by molar-refractivity contribution is 0.0698. The van der Waals surface area contributed by atoms with Crippen molar-refractivity contribution in [3.63, 3.8) is 0 Å². The Morgan fingerprint density at radius 1 is 1.50 bits per heavy atom. The van der Waals surface area contributed by atoms with Gasteiger partial charge in [0.25, 0.3) is 0 Å². The Morgan fingerprint density at radius 3 is 3.00 bits per heavy atom. The zero-order valence-electron chi connectivity index (χ0n) is 8.69. The molecule has 0 saturated carbocycles. The van der Waals surface area contributed by atoms with Crippen molar-refractivity contribution < 1.29 is 9.90 Å². The van der Waals surface area contributed by atoms with Gasteiger partial charge in [-0.05, 0) is 24.6 Å². The Morgan fingerprint density at radius 2 is 2.31 bits per heavy atom. The van der Waals surface area contributed by atoms with Crippen LogP contribution >= 0.6 is 0 Å². The third-order valence-corrected chi connectivity index (χ3v) is 2.16. The van der Waals surface area contributed by atoms with Crippen LogP contribution in [-0.2, 0) is 0 Å². The second-order valence-corrected chi connectivity index (χ2v) is 3.46. The summed E-state index contributed by atoms with van der Waals surface area (Å²) in [4.78, 5) is 10.8. The number of aromatic amines is 1. The number of H-pyrrole nitrogens is 1. The van der Waals surface area contributed by atoms with Gasteiger partial charge in [0, 0.05) is 5.69 Å². The quantitative estimate of drug-likeness (QED) is 0.736. The molecular weight excluding hydrogens is 206 g/mol. The highest BCUT2D eigenvalue weighted by Crippen LogP contribution is 2.18. The number of nitrogens with zero attached hydrogens (tertiary/aromatic N) is 1. The summed E-state index contributed by atoms with van der Waals surface area (Å²) in [7, 11) is 0. The van der Waals surface area contributed by atoms with E-state index in [0.717, 1.165) is 11.3 Å². The molecule has 0 aliphatic carbocycles. The van der Waals surface area contributed by atoms with Crippen molar-refractivity contribution in [3.05, 3.63) is 41.6 Å². The average molecular weight is 217 g/mol. The first-order valence-corrected chi connectivity index (χ1v) is 4.77. The van der Waals surface area contributed by atoms with Gasteiger partial charge < -0.3 is 10.4 Å². The van der Waals surface area contributed by atoms with Crippen LogP contribution in [0, 0.1) is 6.92 Å². The van der Waals surface area contributed by atoms with Crippen LogP contribution < -0.4 is 5.32 Å². The molecule has 0 amide bonds. The number of aromatic carboxylic acids is 1. The van der Waals surface area contributed by atoms with E-state index in [-0.39, 0.29) is 5.56 Å². The number of carbonyl (C=O) groups is 1. The normalized spacial score (nSPS) is 10.1. The first-order valence-electron chi connectivity index (χ1n) is 4.77. The maximum atomic E-state index is 10.8. The number of aromatic nitrogens is 2. The maximum absolute atomic E-state index is 10.8. The number of benzene rings is 1. The Hall–Kier alpha value is -2.30. The van der Waals surface area contributed by atoms with Crippen molar-refractivity contribution >= 4 is 17.5 Å². The molecule has 0 aliphatic heterocycles. The molecule has 0 atom stereocenters. The smallest absolute Gasteiger partial charge is 0.341 e. The van der Waals surface area contributed by atoms with Gasteiger partial charge in [-0.15, -0.1) is 0 Å². The van der Waals surface area contributed by atoms with Gasteiger partial charge in [0.15, 0.2) is 0 Å². The number of carboxylic acid groups (broad SMARTS) is 1. The molecular formula is C11H11N3O2. The van der Waals surface area contributed by atoms with Gasteiger partial charge in [-0.2, -0.15) is 5.10 Å². The lowest BCUT2D eigenvalue weighted by Gasteiger charge is -2.05. The van der Waals surface area contributed by atoms with Crippen molar-refractivity contribution in [2.45, 2.75) is 6.92 Å². The predicted octanol–water partition coefficient (Wildman–Crippen LogP) is 2.16. The number of aryl methyl sites for hydroxylation is 1. The van der Waals surface area contributed by atoms with E-state index < -0.39 is 5.97 Å². The van der Waals surface area contributed by atoms with E-state index in [1.807, 2.05) is 31.2 Å². The Bertz CT molecular complexity index is 519. The minimum Gasteiger partial charge on any atom is -0.477 e. The Kier molecular flexibility index (Phi) is 2.59. The molecule has 3 N–H and O–H groups in total. The highest BCUT2D eigenvalue weighted by atomic mass is 16.4. The van der Waals surface area contributed by atoms with Gasteiger partial charge in [-0.25, -0.2) is 4.79 Å². The second-order valence-electron chi connectivity index (χ2n) is 3.46. The van der Waals surface area contributed by atoms with Crippen LogP contribution in [-0.4, -0.2) is 21.3 Å². The molecule has 0 unspecified atom stereocenters. The molecule has 2 rings (SSSR count). The molecule has 82 valence electrons. The SMILES string of the molecule is Cc1cccc(Nc2[nH]ncc2C(=O)O)c1. The van der Waals surface area contributed by atoms with Gasteiger partial charge in [0.05, 0.1) is 6.20 Å². The van der Waals surface area contributed by atoms with Gasteiger partial charge >= 0.3 is 5.97 Å². The van der Waals surface area contributed by atoms with Crippen molar-refractivity contribution in [1.82, 2.24) is 10.2 Å². The molecule has 1 aromatic heterocycles. The van der Waals surface area contributed by atoms with Crippen LogP contribution in [0.5, 0.6) is 0 Å². The number of carboxylic acids is 1. The van der Waals surface area contributed by atoms with Crippen LogP contribution in [0.1, 0.15) is 15.9 Å². The fourth-order valence-corrected chi connectivity index (χ4v) is 1.41. The molecule has 5 nitrogen and oxygen atoms in total. The topological polar surface area (TPSA) is 78.0 Å². The van der Waals surface area contributed by atoms with Crippen molar-refractivity contribution in [3.8, 4) is 0 Å². The highest BCUT2D eigenvalue weighted by Gasteiger charge is 2.11. The predicted molar refractivity (Wildman–Crippen MR) is 60.0 cm³/mol. The van der Waals surface area contributed by atoms with E-state index in [9.17, 15) is 4.79 Å². The average Bonchev–Trinajstić information content (AvgIpc) is 2.66. The van der Waals surface area contributed by atoms with E-state index in [0.29, 0.717) is 5.82 Å². The monoisotopic (exact) mass is 217 g/mol. The lowest BCUT2D eigenvalue weighted by Crippen LogP contribution is -2.00. The molecule has 16 heavy (non-hydrogen) atoms. The fourth-order valence-electron chi connectivity index (χ4n) is 1.41. The van der Waals surface area contributed by atoms with Crippen LogP contribution in [0.4, 0.5) is 11.5 Å². The summed E-state index contributed by atoms with van der Waals surface area (Å²) in [5.74, 6) is -0.623. The molecule has 0 radical (unpaired) electrons. The molecule has 0 bridgehead atoms. The zero-order valence-corrected chi connectivity index (χ0v) is 8.69. The summed E-state index contributed by atoms with van der Waals surface area (Å²) in [6.45, 7) is 1.97. The molecule has 0 spiro atoms. The standard InChI is InChI=1S/C11H11N3O2/c1-7-3-2-4-8(5-7)13-10-9(11(15)16)6-12-14-10/h2-6H,1H3,(H,15,16)(H2,12,13,14). The third-order valence-electron chi connectivity index (χ3n) is 2.16.